The molecule has 0 amide bonds. The minimum atomic E-state index is -4.45. The summed E-state index contributed by atoms with van der Waals surface area (Å²) in [6.45, 7) is 1.78. The molecule has 0 atom stereocenters. The largest absolute Gasteiger partial charge is 0.461 e. The first kappa shape index (κ1) is 13.3. The summed E-state index contributed by atoms with van der Waals surface area (Å²) in [6.07, 6.45) is -4.45. The van der Waals surface area contributed by atoms with Gasteiger partial charge in [0.15, 0.2) is 0 Å². The number of nitrogens with one attached hydrogen (secondary N) is 1. The molecule has 0 aliphatic carbocycles. The number of esters is 1. The molecule has 0 unspecified atom stereocenters. The summed E-state index contributed by atoms with van der Waals surface area (Å²) in [4.78, 5) is 14.1. The van der Waals surface area contributed by atoms with Crippen molar-refractivity contribution in [3.8, 4) is 0 Å². The van der Waals surface area contributed by atoms with Gasteiger partial charge in [-0.05, 0) is 19.1 Å². The molecule has 0 fully saturated rings. The Labute approximate surface area is 106 Å². The molecule has 1 aromatic heterocycles. The number of alkyl halides is 3. The van der Waals surface area contributed by atoms with Gasteiger partial charge >= 0.3 is 12.1 Å². The Morgan fingerprint density at radius 1 is 1.42 bits per heavy atom. The van der Waals surface area contributed by atoms with Gasteiger partial charge in [-0.25, -0.2) is 4.79 Å². The maximum atomic E-state index is 12.6. The normalized spacial score (nSPS) is 11.8. The SMILES string of the molecule is CCOC(=O)c1[nH]c2cc(C(F)(F)F)ccc2c1N. The lowest BCUT2D eigenvalue weighted by Gasteiger charge is -2.05. The van der Waals surface area contributed by atoms with E-state index in [-0.39, 0.29) is 23.5 Å². The molecule has 0 saturated heterocycles. The molecular weight excluding hydrogens is 261 g/mol. The fourth-order valence-electron chi connectivity index (χ4n) is 1.76. The van der Waals surface area contributed by atoms with Crippen LogP contribution in [0, 0.1) is 0 Å². The van der Waals surface area contributed by atoms with Gasteiger partial charge in [0.05, 0.1) is 17.9 Å². The van der Waals surface area contributed by atoms with Crippen LogP contribution in [-0.4, -0.2) is 17.6 Å². The molecule has 0 saturated carbocycles. The highest BCUT2D eigenvalue weighted by atomic mass is 19.4. The van der Waals surface area contributed by atoms with Crippen LogP contribution in [0.15, 0.2) is 18.2 Å². The maximum absolute atomic E-state index is 12.6. The van der Waals surface area contributed by atoms with Gasteiger partial charge in [0.1, 0.15) is 5.69 Å². The van der Waals surface area contributed by atoms with Crippen LogP contribution in [0.1, 0.15) is 23.0 Å². The number of aromatic amines is 1. The molecule has 19 heavy (non-hydrogen) atoms. The van der Waals surface area contributed by atoms with Crippen LogP contribution < -0.4 is 5.73 Å². The Balaban J connectivity index is 2.54. The minimum absolute atomic E-state index is 0.0313. The summed E-state index contributed by atoms with van der Waals surface area (Å²) in [6, 6.07) is 3.06. The van der Waals surface area contributed by atoms with Crippen molar-refractivity contribution < 1.29 is 22.7 Å². The van der Waals surface area contributed by atoms with Crippen molar-refractivity contribution in [3.05, 3.63) is 29.5 Å². The Bertz CT molecular complexity index is 632. The number of rotatable bonds is 2. The monoisotopic (exact) mass is 272 g/mol. The highest BCUT2D eigenvalue weighted by molar-refractivity contribution is 6.05. The van der Waals surface area contributed by atoms with Gasteiger partial charge < -0.3 is 15.5 Å². The zero-order valence-electron chi connectivity index (χ0n) is 9.97. The lowest BCUT2D eigenvalue weighted by atomic mass is 10.1. The van der Waals surface area contributed by atoms with Crippen LogP contribution in [0.4, 0.5) is 18.9 Å². The van der Waals surface area contributed by atoms with E-state index in [4.69, 9.17) is 10.5 Å². The van der Waals surface area contributed by atoms with Crippen LogP contribution in [0.25, 0.3) is 10.9 Å². The van der Waals surface area contributed by atoms with E-state index >= 15 is 0 Å². The molecule has 0 aliphatic heterocycles. The summed E-state index contributed by atoms with van der Waals surface area (Å²) in [5.74, 6) is -0.690. The number of carbonyl (C=O) groups is 1. The van der Waals surface area contributed by atoms with E-state index in [0.717, 1.165) is 12.1 Å². The Morgan fingerprint density at radius 3 is 2.68 bits per heavy atom. The Kier molecular flexibility index (Phi) is 3.13. The number of halogens is 3. The minimum Gasteiger partial charge on any atom is -0.461 e. The second-order valence-corrected chi connectivity index (χ2v) is 3.89. The lowest BCUT2D eigenvalue weighted by molar-refractivity contribution is -0.137. The number of fused-ring (bicyclic) bond motifs is 1. The summed E-state index contributed by atoms with van der Waals surface area (Å²) in [5, 5.41) is 0.357. The topological polar surface area (TPSA) is 68.1 Å². The third-order valence-electron chi connectivity index (χ3n) is 2.65. The molecule has 0 radical (unpaired) electrons. The van der Waals surface area contributed by atoms with Gasteiger partial charge in [-0.1, -0.05) is 6.07 Å². The van der Waals surface area contributed by atoms with Crippen LogP contribution in [0.5, 0.6) is 0 Å². The predicted octanol–water partition coefficient (Wildman–Crippen LogP) is 2.95. The average molecular weight is 272 g/mol. The molecule has 3 N–H and O–H groups in total. The highest BCUT2D eigenvalue weighted by Gasteiger charge is 2.31. The zero-order valence-corrected chi connectivity index (χ0v) is 9.97. The van der Waals surface area contributed by atoms with Gasteiger partial charge in [0.25, 0.3) is 0 Å². The standard InChI is InChI=1S/C12H11F3N2O2/c1-2-19-11(18)10-9(16)7-4-3-6(12(13,14)15)5-8(7)17-10/h3-5,17H,2,16H2,1H3. The summed E-state index contributed by atoms with van der Waals surface area (Å²) in [5.41, 5.74) is 5.11. The number of anilines is 1. The summed E-state index contributed by atoms with van der Waals surface area (Å²) in [7, 11) is 0. The molecule has 1 heterocycles. The van der Waals surface area contributed by atoms with Crippen LogP contribution in [0.3, 0.4) is 0 Å². The molecule has 0 bridgehead atoms. The van der Waals surface area contributed by atoms with E-state index in [2.05, 4.69) is 4.98 Å². The van der Waals surface area contributed by atoms with Crippen molar-refractivity contribution in [3.63, 3.8) is 0 Å². The van der Waals surface area contributed by atoms with Crippen LogP contribution >= 0.6 is 0 Å². The van der Waals surface area contributed by atoms with Crippen molar-refractivity contribution in [1.29, 1.82) is 0 Å². The number of H-pyrrole nitrogens is 1. The number of hydrogen-bond acceptors (Lipinski definition) is 3. The van der Waals surface area contributed by atoms with Crippen molar-refractivity contribution in [2.45, 2.75) is 13.1 Å². The summed E-state index contributed by atoms with van der Waals surface area (Å²) < 4.78 is 42.5. The molecule has 102 valence electrons. The predicted molar refractivity (Wildman–Crippen MR) is 63.7 cm³/mol. The quantitative estimate of drug-likeness (QED) is 0.826. The van der Waals surface area contributed by atoms with E-state index in [9.17, 15) is 18.0 Å². The first-order valence-electron chi connectivity index (χ1n) is 5.50. The van der Waals surface area contributed by atoms with E-state index in [0.29, 0.717) is 5.39 Å². The fourth-order valence-corrected chi connectivity index (χ4v) is 1.76. The lowest BCUT2D eigenvalue weighted by Crippen LogP contribution is -2.07. The average Bonchev–Trinajstić information content (AvgIpc) is 2.66. The van der Waals surface area contributed by atoms with Crippen LogP contribution in [-0.2, 0) is 10.9 Å². The number of carbonyl (C=O) groups excluding carboxylic acids is 1. The number of ether oxygens (including phenoxy) is 1. The number of nitrogen functional groups attached to an aromatic ring is 1. The van der Waals surface area contributed by atoms with E-state index in [1.54, 1.807) is 6.92 Å². The molecule has 7 heteroatoms. The molecule has 4 nitrogen and oxygen atoms in total. The highest BCUT2D eigenvalue weighted by Crippen LogP contribution is 2.33. The van der Waals surface area contributed by atoms with Crippen molar-refractivity contribution in [1.82, 2.24) is 4.98 Å². The van der Waals surface area contributed by atoms with E-state index in [1.165, 1.54) is 6.07 Å². The fraction of sp³-hybridized carbons (Fsp3) is 0.250. The van der Waals surface area contributed by atoms with Gasteiger partial charge in [0, 0.05) is 10.9 Å². The van der Waals surface area contributed by atoms with Crippen molar-refractivity contribution in [2.24, 2.45) is 0 Å². The smallest absolute Gasteiger partial charge is 0.416 e. The third kappa shape index (κ3) is 2.35. The molecular formula is C12H11F3N2O2. The number of benzene rings is 1. The first-order valence-corrected chi connectivity index (χ1v) is 5.50. The van der Waals surface area contributed by atoms with Gasteiger partial charge in [-0.15, -0.1) is 0 Å². The van der Waals surface area contributed by atoms with Crippen molar-refractivity contribution in [2.75, 3.05) is 12.3 Å². The zero-order chi connectivity index (χ0) is 14.2. The Morgan fingerprint density at radius 2 is 2.11 bits per heavy atom. The summed E-state index contributed by atoms with van der Waals surface area (Å²) >= 11 is 0. The molecule has 0 aliphatic rings. The molecule has 0 spiro atoms. The van der Waals surface area contributed by atoms with Crippen LogP contribution in [0.2, 0.25) is 0 Å². The number of aromatic nitrogens is 1. The van der Waals surface area contributed by atoms with E-state index < -0.39 is 17.7 Å². The van der Waals surface area contributed by atoms with E-state index in [1.807, 2.05) is 0 Å². The van der Waals surface area contributed by atoms with Gasteiger partial charge in [-0.3, -0.25) is 0 Å². The molecule has 2 aromatic rings. The second kappa shape index (κ2) is 4.49. The van der Waals surface area contributed by atoms with Gasteiger partial charge in [-0.2, -0.15) is 13.2 Å². The first-order chi connectivity index (χ1) is 8.84. The van der Waals surface area contributed by atoms with Gasteiger partial charge in [0.2, 0.25) is 0 Å². The number of nitrogens with two attached hydrogens (primary N) is 1. The second-order valence-electron chi connectivity index (χ2n) is 3.89. The maximum Gasteiger partial charge on any atom is 0.416 e. The molecule has 2 rings (SSSR count). The Hall–Kier alpha value is -2.18. The third-order valence-corrected chi connectivity index (χ3v) is 2.65. The number of hydrogen-bond donors (Lipinski definition) is 2. The molecule has 1 aromatic carbocycles. The van der Waals surface area contributed by atoms with Crippen molar-refractivity contribution >= 4 is 22.6 Å².